The van der Waals surface area contributed by atoms with E-state index in [-0.39, 0.29) is 23.8 Å². The van der Waals surface area contributed by atoms with Gasteiger partial charge in [-0.3, -0.25) is 9.59 Å². The Morgan fingerprint density at radius 3 is 2.35 bits per heavy atom. The van der Waals surface area contributed by atoms with Gasteiger partial charge in [0.15, 0.2) is 6.10 Å². The van der Waals surface area contributed by atoms with Crippen molar-refractivity contribution in [2.45, 2.75) is 45.8 Å². The zero-order chi connectivity index (χ0) is 22.4. The van der Waals surface area contributed by atoms with Crippen LogP contribution in [0.1, 0.15) is 49.4 Å². The lowest BCUT2D eigenvalue weighted by atomic mass is 9.87. The predicted octanol–water partition coefficient (Wildman–Crippen LogP) is 4.91. The number of amides is 2. The number of nitrogens with one attached hydrogen (secondary N) is 2. The highest BCUT2D eigenvalue weighted by Gasteiger charge is 2.19. The first-order valence-electron chi connectivity index (χ1n) is 10.2. The number of carbonyl (C=O) groups is 2. The van der Waals surface area contributed by atoms with Gasteiger partial charge in [0.2, 0.25) is 0 Å². The van der Waals surface area contributed by atoms with Crippen LogP contribution in [-0.4, -0.2) is 17.9 Å². The maximum Gasteiger partial charge on any atom is 0.265 e. The fourth-order valence-electron chi connectivity index (χ4n) is 2.99. The minimum atomic E-state index is -0.736. The van der Waals surface area contributed by atoms with Crippen molar-refractivity contribution in [2.24, 2.45) is 0 Å². The molecule has 2 amide bonds. The maximum atomic E-state index is 12.7. The van der Waals surface area contributed by atoms with Crippen LogP contribution in [0, 0.1) is 0 Å². The van der Waals surface area contributed by atoms with E-state index in [1.165, 1.54) is 5.56 Å². The molecule has 6 heteroatoms. The Balaban J connectivity index is 1.62. The first-order valence-corrected chi connectivity index (χ1v) is 10.2. The minimum Gasteiger partial charge on any atom is -0.481 e. The molecule has 3 aromatic rings. The van der Waals surface area contributed by atoms with E-state index in [1.54, 1.807) is 49.6 Å². The van der Waals surface area contributed by atoms with Crippen molar-refractivity contribution in [3.63, 3.8) is 0 Å². The number of furan rings is 1. The van der Waals surface area contributed by atoms with Crippen LogP contribution in [0.15, 0.2) is 71.3 Å². The van der Waals surface area contributed by atoms with Gasteiger partial charge in [-0.15, -0.1) is 0 Å². The molecule has 0 saturated carbocycles. The summed E-state index contributed by atoms with van der Waals surface area (Å²) in [6, 6.07) is 18.1. The van der Waals surface area contributed by atoms with Crippen LogP contribution in [0.4, 0.5) is 5.69 Å². The highest BCUT2D eigenvalue weighted by molar-refractivity contribution is 6.04. The van der Waals surface area contributed by atoms with Crippen LogP contribution >= 0.6 is 0 Å². The van der Waals surface area contributed by atoms with E-state index in [4.69, 9.17) is 9.15 Å². The number of benzene rings is 2. The van der Waals surface area contributed by atoms with Crippen molar-refractivity contribution in [1.82, 2.24) is 5.32 Å². The molecule has 1 heterocycles. The Morgan fingerprint density at radius 2 is 1.71 bits per heavy atom. The molecule has 3 rings (SSSR count). The third-order valence-electron chi connectivity index (χ3n) is 4.84. The van der Waals surface area contributed by atoms with Crippen molar-refractivity contribution in [1.29, 1.82) is 0 Å². The van der Waals surface area contributed by atoms with E-state index in [2.05, 4.69) is 31.4 Å². The van der Waals surface area contributed by atoms with Gasteiger partial charge in [0.1, 0.15) is 11.5 Å². The van der Waals surface area contributed by atoms with Gasteiger partial charge >= 0.3 is 0 Å². The first-order chi connectivity index (χ1) is 14.7. The van der Waals surface area contributed by atoms with Crippen LogP contribution in [0.3, 0.4) is 0 Å². The second-order valence-corrected chi connectivity index (χ2v) is 8.33. The highest BCUT2D eigenvalue weighted by atomic mass is 16.5. The summed E-state index contributed by atoms with van der Waals surface area (Å²) in [5.41, 5.74) is 2.02. The van der Waals surface area contributed by atoms with Gasteiger partial charge in [-0.25, -0.2) is 0 Å². The summed E-state index contributed by atoms with van der Waals surface area (Å²) in [5, 5.41) is 5.58. The molecule has 0 bridgehead atoms. The molecular formula is C25H28N2O4. The summed E-state index contributed by atoms with van der Waals surface area (Å²) >= 11 is 0. The zero-order valence-electron chi connectivity index (χ0n) is 18.3. The minimum absolute atomic E-state index is 0.0444. The number of hydrogen-bond donors (Lipinski definition) is 2. The van der Waals surface area contributed by atoms with Gasteiger partial charge in [-0.05, 0) is 54.3 Å². The molecule has 0 aliphatic rings. The number of rotatable bonds is 7. The average molecular weight is 421 g/mol. The highest BCUT2D eigenvalue weighted by Crippen LogP contribution is 2.25. The summed E-state index contributed by atoms with van der Waals surface area (Å²) in [6.07, 6.45) is 0.813. The number of carbonyl (C=O) groups excluding carboxylic acids is 2. The Labute approximate surface area is 182 Å². The van der Waals surface area contributed by atoms with E-state index in [0.717, 1.165) is 0 Å². The smallest absolute Gasteiger partial charge is 0.265 e. The molecular weight excluding hydrogens is 392 g/mol. The van der Waals surface area contributed by atoms with E-state index in [0.29, 0.717) is 22.8 Å². The van der Waals surface area contributed by atoms with E-state index in [9.17, 15) is 9.59 Å². The van der Waals surface area contributed by atoms with E-state index in [1.807, 2.05) is 24.3 Å². The monoisotopic (exact) mass is 420 g/mol. The molecule has 6 nitrogen and oxygen atoms in total. The number of hydrogen-bond acceptors (Lipinski definition) is 4. The van der Waals surface area contributed by atoms with Gasteiger partial charge < -0.3 is 19.8 Å². The van der Waals surface area contributed by atoms with Crippen molar-refractivity contribution in [3.8, 4) is 5.75 Å². The normalized spacial score (nSPS) is 12.1. The molecule has 0 unspecified atom stereocenters. The second-order valence-electron chi connectivity index (χ2n) is 8.33. The largest absolute Gasteiger partial charge is 0.481 e. The van der Waals surface area contributed by atoms with Crippen LogP contribution in [-0.2, 0) is 16.8 Å². The van der Waals surface area contributed by atoms with Crippen molar-refractivity contribution in [2.75, 3.05) is 5.32 Å². The molecule has 31 heavy (non-hydrogen) atoms. The van der Waals surface area contributed by atoms with Crippen LogP contribution in [0.25, 0.3) is 0 Å². The van der Waals surface area contributed by atoms with E-state index >= 15 is 0 Å². The Hall–Kier alpha value is -3.54. The molecule has 0 fully saturated rings. The quantitative estimate of drug-likeness (QED) is 0.569. The third-order valence-corrected chi connectivity index (χ3v) is 4.84. The lowest BCUT2D eigenvalue weighted by Gasteiger charge is -2.20. The van der Waals surface area contributed by atoms with E-state index < -0.39 is 6.10 Å². The zero-order valence-corrected chi connectivity index (χ0v) is 18.3. The fraction of sp³-hybridized carbons (Fsp3) is 0.280. The number of para-hydroxylation sites is 1. The molecule has 1 aromatic heterocycles. The topological polar surface area (TPSA) is 80.6 Å². The van der Waals surface area contributed by atoms with Crippen LogP contribution in [0.2, 0.25) is 0 Å². The summed E-state index contributed by atoms with van der Waals surface area (Å²) in [4.78, 5) is 25.3. The standard InChI is InChI=1S/C25H28N2O4/c1-17(31-19-13-11-18(12-14-19)25(2,3)4)23(28)27-22-10-6-5-9-21(22)24(29)26-16-20-8-7-15-30-20/h5-15,17H,16H2,1-4H3,(H,26,29)(H,27,28)/t17-/m0/s1. The average Bonchev–Trinajstić information content (AvgIpc) is 3.26. The summed E-state index contributed by atoms with van der Waals surface area (Å²) in [5.74, 6) is 0.610. The maximum absolute atomic E-state index is 12.7. The molecule has 162 valence electrons. The SMILES string of the molecule is C[C@H](Oc1ccc(C(C)(C)C)cc1)C(=O)Nc1ccccc1C(=O)NCc1ccco1. The first kappa shape index (κ1) is 22.2. The molecule has 0 spiro atoms. The molecule has 0 aliphatic carbocycles. The Kier molecular flexibility index (Phi) is 6.80. The fourth-order valence-corrected chi connectivity index (χ4v) is 2.99. The number of ether oxygens (including phenoxy) is 1. The lowest BCUT2D eigenvalue weighted by molar-refractivity contribution is -0.122. The molecule has 1 atom stereocenters. The van der Waals surface area contributed by atoms with Crippen molar-refractivity contribution in [3.05, 3.63) is 83.8 Å². The molecule has 0 saturated heterocycles. The summed E-state index contributed by atoms with van der Waals surface area (Å²) in [7, 11) is 0. The van der Waals surface area contributed by atoms with Crippen molar-refractivity contribution < 1.29 is 18.7 Å². The molecule has 2 N–H and O–H groups in total. The van der Waals surface area contributed by atoms with Crippen LogP contribution in [0.5, 0.6) is 5.75 Å². The van der Waals surface area contributed by atoms with Gasteiger partial charge in [-0.2, -0.15) is 0 Å². The number of anilines is 1. The van der Waals surface area contributed by atoms with Gasteiger partial charge in [0.25, 0.3) is 11.8 Å². The van der Waals surface area contributed by atoms with Crippen molar-refractivity contribution >= 4 is 17.5 Å². The van der Waals surface area contributed by atoms with Gasteiger partial charge in [-0.1, -0.05) is 45.0 Å². The predicted molar refractivity (Wildman–Crippen MR) is 120 cm³/mol. The Bertz CT molecular complexity index is 1020. The third kappa shape index (κ3) is 5.98. The molecule has 2 aromatic carbocycles. The molecule has 0 radical (unpaired) electrons. The summed E-state index contributed by atoms with van der Waals surface area (Å²) in [6.45, 7) is 8.36. The van der Waals surface area contributed by atoms with Gasteiger partial charge in [0, 0.05) is 0 Å². The second kappa shape index (κ2) is 9.51. The lowest BCUT2D eigenvalue weighted by Crippen LogP contribution is -2.31. The van der Waals surface area contributed by atoms with Gasteiger partial charge in [0.05, 0.1) is 24.1 Å². The Morgan fingerprint density at radius 1 is 1.00 bits per heavy atom. The molecule has 0 aliphatic heterocycles. The van der Waals surface area contributed by atoms with Crippen LogP contribution < -0.4 is 15.4 Å². The summed E-state index contributed by atoms with van der Waals surface area (Å²) < 4.78 is 11.0.